The van der Waals surface area contributed by atoms with Gasteiger partial charge in [-0.1, -0.05) is 70.1 Å². The quantitative estimate of drug-likeness (QED) is 0.440. The third kappa shape index (κ3) is 4.64. The Bertz CT molecular complexity index is 827. The van der Waals surface area contributed by atoms with Crippen LogP contribution in [0, 0.1) is 35.2 Å². The van der Waals surface area contributed by atoms with Gasteiger partial charge in [0.1, 0.15) is 0 Å². The topological polar surface area (TPSA) is 0 Å². The molecule has 2 aromatic rings. The lowest BCUT2D eigenvalue weighted by Crippen LogP contribution is -2.17. The van der Waals surface area contributed by atoms with Crippen LogP contribution in [0.15, 0.2) is 24.3 Å². The van der Waals surface area contributed by atoms with Gasteiger partial charge in [-0.25, -0.2) is 13.2 Å². The lowest BCUT2D eigenvalue weighted by Gasteiger charge is -2.32. The van der Waals surface area contributed by atoms with Crippen molar-refractivity contribution in [3.05, 3.63) is 47.3 Å². The summed E-state index contributed by atoms with van der Waals surface area (Å²) < 4.78 is 41.0. The van der Waals surface area contributed by atoms with E-state index in [9.17, 15) is 13.2 Å². The maximum Gasteiger partial charge on any atom is 0.195 e. The summed E-state index contributed by atoms with van der Waals surface area (Å²) in [7, 11) is 0. The van der Waals surface area contributed by atoms with Crippen molar-refractivity contribution in [2.45, 2.75) is 83.5 Å². The molecule has 3 heteroatoms. The highest BCUT2D eigenvalue weighted by molar-refractivity contribution is 5.84. The molecule has 0 aliphatic heterocycles. The zero-order valence-electron chi connectivity index (χ0n) is 17.5. The van der Waals surface area contributed by atoms with E-state index in [0.29, 0.717) is 11.3 Å². The molecule has 0 saturated heterocycles. The predicted octanol–water partition coefficient (Wildman–Crippen LogP) is 8.53. The summed E-state index contributed by atoms with van der Waals surface area (Å²) in [6, 6.07) is 6.50. The van der Waals surface area contributed by atoms with E-state index in [1.807, 2.05) is 12.1 Å². The summed E-state index contributed by atoms with van der Waals surface area (Å²) in [4.78, 5) is 0. The summed E-state index contributed by atoms with van der Waals surface area (Å²) in [6.07, 6.45) is 14.6. The second-order valence-electron chi connectivity index (χ2n) is 9.56. The summed E-state index contributed by atoms with van der Waals surface area (Å²) in [6.45, 7) is 2.32. The molecule has 0 aromatic heterocycles. The van der Waals surface area contributed by atoms with Crippen molar-refractivity contribution in [3.8, 4) is 0 Å². The molecule has 0 unspecified atom stereocenters. The van der Waals surface area contributed by atoms with Gasteiger partial charge in [0.25, 0.3) is 0 Å². The van der Waals surface area contributed by atoms with E-state index in [-0.39, 0.29) is 5.39 Å². The predicted molar refractivity (Wildman–Crippen MR) is 113 cm³/mol. The molecule has 2 saturated carbocycles. The fourth-order valence-corrected chi connectivity index (χ4v) is 5.76. The fraction of sp³-hybridized carbons (Fsp3) is 0.615. The first-order chi connectivity index (χ1) is 14.0. The fourth-order valence-electron chi connectivity index (χ4n) is 5.76. The van der Waals surface area contributed by atoms with Gasteiger partial charge in [-0.15, -0.1) is 0 Å². The molecule has 2 aromatic carbocycles. The van der Waals surface area contributed by atoms with Crippen LogP contribution in [0.25, 0.3) is 10.8 Å². The van der Waals surface area contributed by atoms with Crippen LogP contribution in [0.5, 0.6) is 0 Å². The van der Waals surface area contributed by atoms with Crippen molar-refractivity contribution >= 4 is 10.8 Å². The maximum absolute atomic E-state index is 13.9. The first-order valence-corrected chi connectivity index (χ1v) is 11.6. The number of fused-ring (bicyclic) bond motifs is 1. The van der Waals surface area contributed by atoms with Crippen molar-refractivity contribution in [1.82, 2.24) is 0 Å². The monoisotopic (exact) mass is 402 g/mol. The van der Waals surface area contributed by atoms with Crippen LogP contribution in [0.1, 0.15) is 89.0 Å². The van der Waals surface area contributed by atoms with E-state index >= 15 is 0 Å². The van der Waals surface area contributed by atoms with Gasteiger partial charge in [-0.05, 0) is 66.4 Å². The molecule has 158 valence electrons. The van der Waals surface area contributed by atoms with Crippen molar-refractivity contribution in [2.24, 2.45) is 17.8 Å². The van der Waals surface area contributed by atoms with Gasteiger partial charge in [0.2, 0.25) is 0 Å². The Morgan fingerprint density at radius 2 is 1.31 bits per heavy atom. The van der Waals surface area contributed by atoms with Crippen molar-refractivity contribution in [1.29, 1.82) is 0 Å². The summed E-state index contributed by atoms with van der Waals surface area (Å²) >= 11 is 0. The molecule has 0 bridgehead atoms. The molecule has 2 fully saturated rings. The van der Waals surface area contributed by atoms with E-state index in [1.54, 1.807) is 6.07 Å². The SMILES string of the molecule is CCC1CCC(CCC2CCC(c3ccc4c(F)c(F)c(F)cc4c3)CC2)CC1. The average Bonchev–Trinajstić information content (AvgIpc) is 2.76. The van der Waals surface area contributed by atoms with Crippen molar-refractivity contribution in [3.63, 3.8) is 0 Å². The van der Waals surface area contributed by atoms with Crippen LogP contribution in [0.3, 0.4) is 0 Å². The third-order valence-corrected chi connectivity index (χ3v) is 7.84. The molecule has 4 rings (SSSR count). The first-order valence-electron chi connectivity index (χ1n) is 11.6. The van der Waals surface area contributed by atoms with Crippen molar-refractivity contribution in [2.75, 3.05) is 0 Å². The zero-order chi connectivity index (χ0) is 20.4. The number of benzene rings is 2. The molecule has 0 radical (unpaired) electrons. The smallest absolute Gasteiger partial charge is 0.195 e. The highest BCUT2D eigenvalue weighted by atomic mass is 19.2. The van der Waals surface area contributed by atoms with Gasteiger partial charge >= 0.3 is 0 Å². The average molecular weight is 403 g/mol. The van der Waals surface area contributed by atoms with Gasteiger partial charge in [0, 0.05) is 5.39 Å². The molecule has 0 spiro atoms. The van der Waals surface area contributed by atoms with E-state index < -0.39 is 17.5 Å². The van der Waals surface area contributed by atoms with Gasteiger partial charge in [0.15, 0.2) is 17.5 Å². The largest absolute Gasteiger partial charge is 0.204 e. The Kier molecular flexibility index (Phi) is 6.51. The van der Waals surface area contributed by atoms with E-state index in [2.05, 4.69) is 6.92 Å². The summed E-state index contributed by atoms with van der Waals surface area (Å²) in [5, 5.41) is 0.628. The van der Waals surface area contributed by atoms with Crippen molar-refractivity contribution < 1.29 is 13.2 Å². The second-order valence-corrected chi connectivity index (χ2v) is 9.56. The van der Waals surface area contributed by atoms with Gasteiger partial charge in [0.05, 0.1) is 0 Å². The van der Waals surface area contributed by atoms with Crippen LogP contribution >= 0.6 is 0 Å². The van der Waals surface area contributed by atoms with E-state index in [4.69, 9.17) is 0 Å². The van der Waals surface area contributed by atoms with Crippen LogP contribution in [0.2, 0.25) is 0 Å². The number of hydrogen-bond acceptors (Lipinski definition) is 0. The Labute approximate surface area is 172 Å². The molecule has 2 aliphatic rings. The second kappa shape index (κ2) is 9.10. The molecule has 0 amide bonds. The minimum absolute atomic E-state index is 0.166. The molecular weight excluding hydrogens is 369 g/mol. The molecular formula is C26H33F3. The van der Waals surface area contributed by atoms with E-state index in [1.165, 1.54) is 57.8 Å². The summed E-state index contributed by atoms with van der Waals surface area (Å²) in [5.74, 6) is -0.365. The van der Waals surface area contributed by atoms with Crippen LogP contribution < -0.4 is 0 Å². The van der Waals surface area contributed by atoms with Crippen LogP contribution in [0.4, 0.5) is 13.2 Å². The molecule has 0 atom stereocenters. The molecule has 0 nitrogen and oxygen atoms in total. The minimum Gasteiger partial charge on any atom is -0.204 e. The Hall–Kier alpha value is -1.51. The highest BCUT2D eigenvalue weighted by Gasteiger charge is 2.25. The lowest BCUT2D eigenvalue weighted by atomic mass is 9.74. The Morgan fingerprint density at radius 1 is 0.724 bits per heavy atom. The Morgan fingerprint density at radius 3 is 1.93 bits per heavy atom. The number of halogens is 3. The molecule has 0 N–H and O–H groups in total. The third-order valence-electron chi connectivity index (χ3n) is 7.84. The van der Waals surface area contributed by atoms with E-state index in [0.717, 1.165) is 42.2 Å². The van der Waals surface area contributed by atoms with Crippen LogP contribution in [-0.4, -0.2) is 0 Å². The number of rotatable bonds is 5. The molecule has 0 heterocycles. The van der Waals surface area contributed by atoms with Gasteiger partial charge < -0.3 is 0 Å². The maximum atomic E-state index is 13.9. The first kappa shape index (κ1) is 20.8. The van der Waals surface area contributed by atoms with Gasteiger partial charge in [-0.2, -0.15) is 0 Å². The zero-order valence-corrected chi connectivity index (χ0v) is 17.5. The standard InChI is InChI=1S/C26H33F3/c1-2-17-3-5-18(6-4-17)7-8-19-9-11-20(12-10-19)21-13-14-23-22(15-21)16-24(27)26(29)25(23)28/h13-20H,2-12H2,1H3. The van der Waals surface area contributed by atoms with Gasteiger partial charge in [-0.3, -0.25) is 0 Å². The molecule has 29 heavy (non-hydrogen) atoms. The molecule has 2 aliphatic carbocycles. The minimum atomic E-state index is -1.38. The summed E-state index contributed by atoms with van der Waals surface area (Å²) in [5.41, 5.74) is 1.14. The Balaban J connectivity index is 1.31. The van der Waals surface area contributed by atoms with Crippen LogP contribution in [-0.2, 0) is 0 Å². The lowest BCUT2D eigenvalue weighted by molar-refractivity contribution is 0.227. The highest BCUT2D eigenvalue weighted by Crippen LogP contribution is 2.40. The number of hydrogen-bond donors (Lipinski definition) is 0. The normalized spacial score (nSPS) is 28.0.